The summed E-state index contributed by atoms with van der Waals surface area (Å²) in [7, 11) is 0. The van der Waals surface area contributed by atoms with Gasteiger partial charge in [0.2, 0.25) is 0 Å². The van der Waals surface area contributed by atoms with Crippen molar-refractivity contribution in [1.82, 2.24) is 0 Å². The molecule has 0 saturated carbocycles. The van der Waals surface area contributed by atoms with Crippen molar-refractivity contribution in [2.24, 2.45) is 0 Å². The Bertz CT molecular complexity index is 269. The second-order valence-electron chi connectivity index (χ2n) is 4.25. The Morgan fingerprint density at radius 3 is 1.31 bits per heavy atom. The van der Waals surface area contributed by atoms with Gasteiger partial charge >= 0.3 is 95.6 Å². The third kappa shape index (κ3) is 3.83. The van der Waals surface area contributed by atoms with Crippen LogP contribution in [0.1, 0.15) is 0 Å². The predicted molar refractivity (Wildman–Crippen MR) is 62.9 cm³/mol. The van der Waals surface area contributed by atoms with Crippen molar-refractivity contribution in [3.05, 3.63) is 48.6 Å². The number of hydrogen-bond donors (Lipinski definition) is 0. The quantitative estimate of drug-likeness (QED) is 0.425. The maximum absolute atomic E-state index is 2.56. The van der Waals surface area contributed by atoms with Crippen LogP contribution in [0.3, 0.4) is 0 Å². The Morgan fingerprint density at radius 1 is 0.750 bits per heavy atom. The van der Waals surface area contributed by atoms with Gasteiger partial charge < -0.3 is 24.8 Å². The molecule has 0 aromatic rings. The van der Waals surface area contributed by atoms with Crippen molar-refractivity contribution in [3.8, 4) is 0 Å². The summed E-state index contributed by atoms with van der Waals surface area (Å²) in [6, 6.07) is 0. The van der Waals surface area contributed by atoms with Crippen molar-refractivity contribution in [1.29, 1.82) is 0 Å². The first-order chi connectivity index (χ1) is 6.79. The van der Waals surface area contributed by atoms with Crippen molar-refractivity contribution in [2.75, 3.05) is 0 Å². The molecule has 2 aliphatic rings. The minimum absolute atomic E-state index is 0. The zero-order chi connectivity index (χ0) is 9.97. The first kappa shape index (κ1) is 16.6. The summed E-state index contributed by atoms with van der Waals surface area (Å²) in [5.74, 6) is -0.384. The third-order valence-corrected chi connectivity index (χ3v) is 33.2. The summed E-state index contributed by atoms with van der Waals surface area (Å²) >= 11 is -1.41. The van der Waals surface area contributed by atoms with Crippen LogP contribution in [0.4, 0.5) is 0 Å². The predicted octanol–water partition coefficient (Wildman–Crippen LogP) is -2.57. The maximum Gasteiger partial charge on any atom is -1.00 e. The molecule has 0 heterocycles. The molecular weight excluding hydrogens is 422 g/mol. The van der Waals surface area contributed by atoms with Crippen LogP contribution in [-0.4, -0.2) is 5.98 Å². The number of rotatable bonds is 3. The zero-order valence-corrected chi connectivity index (χ0v) is 15.9. The van der Waals surface area contributed by atoms with Crippen molar-refractivity contribution in [3.63, 3.8) is 0 Å². The fraction of sp³-hybridized carbons (Fsp3) is 0.333. The Balaban J connectivity index is 0.00000112. The largest absolute Gasteiger partial charge is 1.00 e. The van der Waals surface area contributed by atoms with Gasteiger partial charge in [0.15, 0.2) is 0 Å². The number of halogens is 2. The molecule has 0 fully saturated rings. The molecule has 16 heavy (non-hydrogen) atoms. The van der Waals surface area contributed by atoms with E-state index in [4.69, 9.17) is 0 Å². The molecule has 87 valence electrons. The van der Waals surface area contributed by atoms with Gasteiger partial charge in [-0.05, 0) is 0 Å². The van der Waals surface area contributed by atoms with Crippen LogP contribution in [-0.2, 0) is 20.6 Å². The molecule has 0 aromatic heterocycles. The molecule has 0 radical (unpaired) electrons. The molecular formula is C12H17Cl2HfSi. The van der Waals surface area contributed by atoms with Gasteiger partial charge in [0.05, 0.1) is 0 Å². The van der Waals surface area contributed by atoms with Crippen LogP contribution in [0.15, 0.2) is 48.6 Å². The van der Waals surface area contributed by atoms with E-state index in [9.17, 15) is 0 Å². The Hall–Kier alpha value is 0.627. The van der Waals surface area contributed by atoms with E-state index in [0.717, 1.165) is 7.35 Å². The fourth-order valence-electron chi connectivity index (χ4n) is 2.30. The molecule has 0 amide bonds. The Morgan fingerprint density at radius 2 is 1.06 bits per heavy atom. The van der Waals surface area contributed by atoms with Crippen LogP contribution >= 0.6 is 0 Å². The maximum atomic E-state index is 2.56. The molecule has 0 nitrogen and oxygen atoms in total. The van der Waals surface area contributed by atoms with Gasteiger partial charge in [-0.15, -0.1) is 0 Å². The molecule has 2 aliphatic carbocycles. The van der Waals surface area contributed by atoms with E-state index in [1.807, 2.05) is 0 Å². The number of hydrogen-bond acceptors (Lipinski definition) is 0. The zero-order valence-electron chi connectivity index (χ0n) is 9.61. The van der Waals surface area contributed by atoms with Gasteiger partial charge in [0, 0.05) is 0 Å². The normalized spacial score (nSPS) is 17.9. The van der Waals surface area contributed by atoms with E-state index < -0.39 is 20.6 Å². The molecule has 0 bridgehead atoms. The summed E-state index contributed by atoms with van der Waals surface area (Å²) in [5, 5.41) is 0. The average molecular weight is 439 g/mol. The van der Waals surface area contributed by atoms with E-state index in [2.05, 4.69) is 61.7 Å². The summed E-state index contributed by atoms with van der Waals surface area (Å²) in [4.78, 5) is 0. The van der Waals surface area contributed by atoms with E-state index >= 15 is 0 Å². The molecule has 0 unspecified atom stereocenters. The molecule has 0 atom stereocenters. The van der Waals surface area contributed by atoms with Crippen LogP contribution in [0.25, 0.3) is 0 Å². The first-order valence-corrected chi connectivity index (χ1v) is 18.6. The van der Waals surface area contributed by atoms with Gasteiger partial charge in [-0.25, -0.2) is 0 Å². The summed E-state index contributed by atoms with van der Waals surface area (Å²) in [6.45, 7) is 5.12. The summed E-state index contributed by atoms with van der Waals surface area (Å²) < 4.78 is 1.81. The third-order valence-electron chi connectivity index (χ3n) is 2.93. The van der Waals surface area contributed by atoms with Crippen molar-refractivity contribution < 1.29 is 45.4 Å². The topological polar surface area (TPSA) is 0 Å². The molecule has 0 aliphatic heterocycles. The van der Waals surface area contributed by atoms with Gasteiger partial charge in [-0.1, -0.05) is 0 Å². The first-order valence-electron chi connectivity index (χ1n) is 5.35. The van der Waals surface area contributed by atoms with Crippen LogP contribution in [0.5, 0.6) is 0 Å². The van der Waals surface area contributed by atoms with E-state index in [-0.39, 0.29) is 30.8 Å². The summed E-state index contributed by atoms with van der Waals surface area (Å²) in [6.07, 6.45) is 18.8. The number of allylic oxidation sites excluding steroid dienone is 8. The van der Waals surface area contributed by atoms with Crippen LogP contribution in [0.2, 0.25) is 20.4 Å². The second kappa shape index (κ2) is 7.86. The second-order valence-corrected chi connectivity index (χ2v) is 32.8. The summed E-state index contributed by atoms with van der Waals surface area (Å²) in [5.41, 5.74) is 0. The van der Waals surface area contributed by atoms with Gasteiger partial charge in [0.1, 0.15) is 0 Å². The minimum Gasteiger partial charge on any atom is -1.00 e. The standard InChI is InChI=1S/2C5H5.C2H7Si.2ClH.Hf/c2*1-2-4-5-3-1;1-3-2;;;/h2*1-5H;3H,1-2H3;2*1H;/q;;;;;+2/p-2. The van der Waals surface area contributed by atoms with Gasteiger partial charge in [0.25, 0.3) is 0 Å². The average Bonchev–Trinajstić information content (AvgIpc) is 2.75. The van der Waals surface area contributed by atoms with Crippen molar-refractivity contribution >= 4 is 5.98 Å². The molecule has 0 spiro atoms. The van der Waals surface area contributed by atoms with E-state index in [1.54, 1.807) is 0 Å². The molecule has 0 aromatic carbocycles. The van der Waals surface area contributed by atoms with Crippen LogP contribution in [0, 0.1) is 0 Å². The van der Waals surface area contributed by atoms with Gasteiger partial charge in [-0.3, -0.25) is 0 Å². The van der Waals surface area contributed by atoms with E-state index in [1.165, 1.54) is 0 Å². The van der Waals surface area contributed by atoms with Crippen LogP contribution < -0.4 is 24.8 Å². The SMILES string of the molecule is C[SiH](C)[Hf+2]([CH]1C=CC=C1)[CH]1C=CC=C1.[Cl-].[Cl-]. The Labute approximate surface area is 120 Å². The van der Waals surface area contributed by atoms with E-state index in [0.29, 0.717) is 0 Å². The molecule has 4 heteroatoms. The monoisotopic (exact) mass is 439 g/mol. The molecule has 2 rings (SSSR count). The van der Waals surface area contributed by atoms with Gasteiger partial charge in [-0.2, -0.15) is 0 Å². The Kier molecular flexibility index (Phi) is 8.17. The fourth-order valence-corrected chi connectivity index (χ4v) is 30.5. The van der Waals surface area contributed by atoms with Crippen molar-refractivity contribution in [2.45, 2.75) is 20.4 Å². The molecule has 0 N–H and O–H groups in total. The molecule has 0 saturated heterocycles. The minimum atomic E-state index is -1.41. The smallest absolute Gasteiger partial charge is 1.00 e.